The summed E-state index contributed by atoms with van der Waals surface area (Å²) in [6.07, 6.45) is 5.34. The Bertz CT molecular complexity index is 587. The van der Waals surface area contributed by atoms with Gasteiger partial charge in [0.1, 0.15) is 12.1 Å². The highest BCUT2D eigenvalue weighted by atomic mass is 16.5. The Morgan fingerprint density at radius 1 is 1.36 bits per heavy atom. The summed E-state index contributed by atoms with van der Waals surface area (Å²) < 4.78 is 5.09. The third-order valence-corrected chi connectivity index (χ3v) is 5.07. The van der Waals surface area contributed by atoms with Gasteiger partial charge in [-0.25, -0.2) is 9.97 Å². The van der Waals surface area contributed by atoms with Crippen molar-refractivity contribution in [2.45, 2.75) is 38.6 Å². The number of hydrogen-bond donors (Lipinski definition) is 2. The van der Waals surface area contributed by atoms with Crippen molar-refractivity contribution in [3.8, 4) is 0 Å². The number of aromatic nitrogens is 2. The van der Waals surface area contributed by atoms with Crippen molar-refractivity contribution in [3.05, 3.63) is 17.6 Å². The van der Waals surface area contributed by atoms with E-state index in [-0.39, 0.29) is 17.9 Å². The molecule has 1 atom stereocenters. The summed E-state index contributed by atoms with van der Waals surface area (Å²) in [6, 6.07) is 0.0562. The highest BCUT2D eigenvalue weighted by molar-refractivity contribution is 5.79. The molecule has 0 saturated carbocycles. The molecule has 7 heteroatoms. The van der Waals surface area contributed by atoms with E-state index in [0.29, 0.717) is 6.61 Å². The molecular formula is C18H29N5O2. The molecule has 0 radical (unpaired) electrons. The lowest BCUT2D eigenvalue weighted by Crippen LogP contribution is -2.44. The second kappa shape index (κ2) is 8.58. The van der Waals surface area contributed by atoms with E-state index < -0.39 is 0 Å². The minimum Gasteiger partial charge on any atom is -0.383 e. The van der Waals surface area contributed by atoms with Gasteiger partial charge in [0.25, 0.3) is 0 Å². The number of amides is 1. The van der Waals surface area contributed by atoms with Crippen molar-refractivity contribution in [3.63, 3.8) is 0 Å². The number of piperidine rings is 1. The molecule has 1 saturated heterocycles. The number of carbonyl (C=O) groups is 1. The van der Waals surface area contributed by atoms with Crippen LogP contribution in [0, 0.1) is 5.92 Å². The van der Waals surface area contributed by atoms with E-state index in [9.17, 15) is 4.79 Å². The normalized spacial score (nSPS) is 19.8. The maximum absolute atomic E-state index is 12.4. The number of methoxy groups -OCH3 is 1. The van der Waals surface area contributed by atoms with Crippen LogP contribution in [0.4, 0.5) is 5.82 Å². The number of nitrogens with one attached hydrogen (secondary N) is 2. The molecule has 2 aliphatic rings. The maximum atomic E-state index is 12.4. The summed E-state index contributed by atoms with van der Waals surface area (Å²) in [5.41, 5.74) is 2.45. The molecule has 0 spiro atoms. The van der Waals surface area contributed by atoms with Gasteiger partial charge in [0, 0.05) is 50.7 Å². The Morgan fingerprint density at radius 3 is 2.88 bits per heavy atom. The van der Waals surface area contributed by atoms with Crippen molar-refractivity contribution >= 4 is 11.7 Å². The van der Waals surface area contributed by atoms with Crippen LogP contribution in [0.25, 0.3) is 0 Å². The largest absolute Gasteiger partial charge is 0.383 e. The number of hydrogen-bond acceptors (Lipinski definition) is 6. The number of anilines is 1. The number of rotatable bonds is 5. The molecule has 25 heavy (non-hydrogen) atoms. The number of nitrogens with zero attached hydrogens (tertiary/aromatic N) is 3. The summed E-state index contributed by atoms with van der Waals surface area (Å²) in [6.45, 7) is 6.21. The van der Waals surface area contributed by atoms with Gasteiger partial charge in [0.15, 0.2) is 0 Å². The minimum atomic E-state index is 0.0562. The van der Waals surface area contributed by atoms with Gasteiger partial charge in [-0.2, -0.15) is 0 Å². The fourth-order valence-corrected chi connectivity index (χ4v) is 3.73. The first-order chi connectivity index (χ1) is 12.2. The average Bonchev–Trinajstić information content (AvgIpc) is 2.87. The predicted octanol–water partition coefficient (Wildman–Crippen LogP) is 0.532. The number of carbonyl (C=O) groups excluding carboxylic acids is 1. The van der Waals surface area contributed by atoms with Crippen LogP contribution >= 0.6 is 0 Å². The lowest BCUT2D eigenvalue weighted by molar-refractivity contribution is -0.126. The third-order valence-electron chi connectivity index (χ3n) is 5.07. The first-order valence-corrected chi connectivity index (χ1v) is 9.26. The van der Waals surface area contributed by atoms with Gasteiger partial charge in [0.05, 0.1) is 12.3 Å². The monoisotopic (exact) mass is 347 g/mol. The first-order valence-electron chi connectivity index (χ1n) is 9.26. The van der Waals surface area contributed by atoms with Crippen LogP contribution in [-0.2, 0) is 22.4 Å². The van der Waals surface area contributed by atoms with Crippen molar-refractivity contribution in [2.24, 2.45) is 5.92 Å². The van der Waals surface area contributed by atoms with Crippen LogP contribution in [0.3, 0.4) is 0 Å². The smallest absolute Gasteiger partial charge is 0.223 e. The van der Waals surface area contributed by atoms with Gasteiger partial charge in [-0.05, 0) is 32.7 Å². The van der Waals surface area contributed by atoms with Gasteiger partial charge in [-0.1, -0.05) is 0 Å². The fourth-order valence-electron chi connectivity index (χ4n) is 3.73. The van der Waals surface area contributed by atoms with Crippen LogP contribution in [-0.4, -0.2) is 61.8 Å². The molecule has 2 aliphatic heterocycles. The zero-order chi connectivity index (χ0) is 17.6. The summed E-state index contributed by atoms with van der Waals surface area (Å²) in [5.74, 6) is 1.30. The molecule has 3 heterocycles. The summed E-state index contributed by atoms with van der Waals surface area (Å²) >= 11 is 0. The zero-order valence-electron chi connectivity index (χ0n) is 15.3. The van der Waals surface area contributed by atoms with Gasteiger partial charge in [0.2, 0.25) is 5.91 Å². The molecule has 1 aromatic heterocycles. The second-order valence-electron chi connectivity index (χ2n) is 7.00. The molecule has 1 amide bonds. The quantitative estimate of drug-likeness (QED) is 0.809. The van der Waals surface area contributed by atoms with Crippen LogP contribution in [0.2, 0.25) is 0 Å². The van der Waals surface area contributed by atoms with E-state index in [1.165, 1.54) is 11.3 Å². The van der Waals surface area contributed by atoms with Crippen molar-refractivity contribution in [2.75, 3.05) is 44.8 Å². The Morgan fingerprint density at radius 2 is 2.12 bits per heavy atom. The van der Waals surface area contributed by atoms with E-state index in [0.717, 1.165) is 57.7 Å². The Hall–Kier alpha value is -1.73. The Labute approximate surface area is 149 Å². The van der Waals surface area contributed by atoms with Gasteiger partial charge in [-0.15, -0.1) is 0 Å². The molecule has 1 unspecified atom stereocenters. The van der Waals surface area contributed by atoms with Crippen LogP contribution in [0.15, 0.2) is 6.33 Å². The van der Waals surface area contributed by atoms with Crippen molar-refractivity contribution in [1.82, 2.24) is 20.6 Å². The van der Waals surface area contributed by atoms with Gasteiger partial charge in [-0.3, -0.25) is 4.79 Å². The van der Waals surface area contributed by atoms with E-state index in [1.807, 2.05) is 6.92 Å². The molecular weight excluding hydrogens is 318 g/mol. The molecule has 2 N–H and O–H groups in total. The molecule has 7 nitrogen and oxygen atoms in total. The van der Waals surface area contributed by atoms with Crippen LogP contribution in [0.1, 0.15) is 31.0 Å². The topological polar surface area (TPSA) is 79.4 Å². The van der Waals surface area contributed by atoms with E-state index >= 15 is 0 Å². The van der Waals surface area contributed by atoms with Gasteiger partial charge < -0.3 is 20.3 Å². The Balaban J connectivity index is 1.60. The van der Waals surface area contributed by atoms with Crippen molar-refractivity contribution in [1.29, 1.82) is 0 Å². The maximum Gasteiger partial charge on any atom is 0.223 e. The standard InChI is InChI=1S/C18H29N5O2/c1-13(11-25-2)22-18(24)14-5-9-23(10-6-14)17-15-3-7-19-8-4-16(15)20-12-21-17/h12-14,19H,3-11H2,1-2H3,(H,22,24). The molecule has 138 valence electrons. The van der Waals surface area contributed by atoms with Crippen LogP contribution in [0.5, 0.6) is 0 Å². The highest BCUT2D eigenvalue weighted by Gasteiger charge is 2.28. The zero-order valence-corrected chi connectivity index (χ0v) is 15.3. The van der Waals surface area contributed by atoms with Crippen LogP contribution < -0.4 is 15.5 Å². The lowest BCUT2D eigenvalue weighted by atomic mass is 9.95. The second-order valence-corrected chi connectivity index (χ2v) is 7.00. The van der Waals surface area contributed by atoms with E-state index in [4.69, 9.17) is 4.74 Å². The molecule has 0 bridgehead atoms. The fraction of sp³-hybridized carbons (Fsp3) is 0.722. The molecule has 0 aromatic carbocycles. The third kappa shape index (κ3) is 4.46. The average molecular weight is 347 g/mol. The summed E-state index contributed by atoms with van der Waals surface area (Å²) in [4.78, 5) is 23.8. The number of ether oxygens (including phenoxy) is 1. The SMILES string of the molecule is COCC(C)NC(=O)C1CCN(c2ncnc3c2CCNCC3)CC1. The molecule has 0 aliphatic carbocycles. The van der Waals surface area contributed by atoms with Gasteiger partial charge >= 0.3 is 0 Å². The minimum absolute atomic E-state index is 0.0562. The molecule has 1 aromatic rings. The molecule has 1 fully saturated rings. The Kier molecular flexibility index (Phi) is 6.20. The highest BCUT2D eigenvalue weighted by Crippen LogP contribution is 2.27. The molecule has 3 rings (SSSR count). The lowest BCUT2D eigenvalue weighted by Gasteiger charge is -2.33. The summed E-state index contributed by atoms with van der Waals surface area (Å²) in [5, 5.41) is 6.47. The van der Waals surface area contributed by atoms with Crippen molar-refractivity contribution < 1.29 is 9.53 Å². The number of fused-ring (bicyclic) bond motifs is 1. The van der Waals surface area contributed by atoms with E-state index in [2.05, 4.69) is 25.5 Å². The first kappa shape index (κ1) is 18.1. The predicted molar refractivity (Wildman–Crippen MR) is 96.7 cm³/mol. The summed E-state index contributed by atoms with van der Waals surface area (Å²) in [7, 11) is 1.65. The van der Waals surface area contributed by atoms with E-state index in [1.54, 1.807) is 13.4 Å².